The first kappa shape index (κ1) is 16.3. The zero-order valence-corrected chi connectivity index (χ0v) is 14.4. The van der Waals surface area contributed by atoms with Gasteiger partial charge in [-0.05, 0) is 13.8 Å². The van der Waals surface area contributed by atoms with Crippen molar-refractivity contribution < 1.29 is 8.42 Å². The highest BCUT2D eigenvalue weighted by Crippen LogP contribution is 2.27. The third kappa shape index (κ3) is 3.58. The first-order chi connectivity index (χ1) is 9.71. The molecule has 2 rings (SSSR count). The summed E-state index contributed by atoms with van der Waals surface area (Å²) in [7, 11) is -0.977. The van der Waals surface area contributed by atoms with Gasteiger partial charge in [-0.15, -0.1) is 0 Å². The number of rotatable bonds is 4. The van der Waals surface area contributed by atoms with Crippen molar-refractivity contribution in [2.75, 3.05) is 23.0 Å². The Morgan fingerprint density at radius 1 is 1.43 bits per heavy atom. The van der Waals surface area contributed by atoms with E-state index in [1.165, 1.54) is 0 Å². The molecule has 1 N–H and O–H groups in total. The molecule has 0 spiro atoms. The van der Waals surface area contributed by atoms with Gasteiger partial charge in [0, 0.05) is 37.8 Å². The van der Waals surface area contributed by atoms with Crippen LogP contribution in [0.25, 0.3) is 0 Å². The van der Waals surface area contributed by atoms with Gasteiger partial charge in [0.2, 0.25) is 0 Å². The van der Waals surface area contributed by atoms with Gasteiger partial charge in [-0.3, -0.25) is 4.68 Å². The lowest BCUT2D eigenvalue weighted by Crippen LogP contribution is -2.48. The molecule has 1 aliphatic heterocycles. The van der Waals surface area contributed by atoms with E-state index in [1.807, 2.05) is 25.6 Å². The SMILES string of the molecule is Cc1nn(C)c(N2CCS(=O)(=O)CC2C)c1CNC(C)C. The minimum atomic E-state index is -2.90. The molecular formula is C14H26N4O2S. The van der Waals surface area contributed by atoms with Crippen LogP contribution in [0.5, 0.6) is 0 Å². The fraction of sp³-hybridized carbons (Fsp3) is 0.786. The molecular weight excluding hydrogens is 288 g/mol. The number of hydrogen-bond donors (Lipinski definition) is 1. The summed E-state index contributed by atoms with van der Waals surface area (Å²) < 4.78 is 25.4. The van der Waals surface area contributed by atoms with E-state index in [-0.39, 0.29) is 17.5 Å². The molecule has 2 heterocycles. The maximum absolute atomic E-state index is 11.8. The summed E-state index contributed by atoms with van der Waals surface area (Å²) >= 11 is 0. The number of sulfone groups is 1. The molecule has 1 aromatic rings. The van der Waals surface area contributed by atoms with Gasteiger partial charge in [0.25, 0.3) is 0 Å². The van der Waals surface area contributed by atoms with Gasteiger partial charge in [0.05, 0.1) is 17.2 Å². The maximum atomic E-state index is 11.8. The molecule has 6 nitrogen and oxygen atoms in total. The Balaban J connectivity index is 2.30. The van der Waals surface area contributed by atoms with Crippen molar-refractivity contribution in [2.45, 2.75) is 46.3 Å². The number of aromatic nitrogens is 2. The molecule has 120 valence electrons. The second kappa shape index (κ2) is 5.96. The lowest BCUT2D eigenvalue weighted by Gasteiger charge is -2.35. The van der Waals surface area contributed by atoms with E-state index in [0.717, 1.165) is 23.6 Å². The van der Waals surface area contributed by atoms with E-state index in [2.05, 4.69) is 29.2 Å². The van der Waals surface area contributed by atoms with Crippen LogP contribution in [0.2, 0.25) is 0 Å². The van der Waals surface area contributed by atoms with Crippen molar-refractivity contribution in [1.29, 1.82) is 0 Å². The summed E-state index contributed by atoms with van der Waals surface area (Å²) in [6.07, 6.45) is 0. The standard InChI is InChI=1S/C14H26N4O2S/c1-10(2)15-8-13-12(4)16-17(5)14(13)18-6-7-21(19,20)9-11(18)3/h10-11,15H,6-9H2,1-5H3. The maximum Gasteiger partial charge on any atom is 0.154 e. The Morgan fingerprint density at radius 3 is 2.67 bits per heavy atom. The minimum absolute atomic E-state index is 0.0173. The molecule has 0 saturated carbocycles. The molecule has 1 aliphatic rings. The van der Waals surface area contributed by atoms with E-state index >= 15 is 0 Å². The van der Waals surface area contributed by atoms with Crippen LogP contribution in [0, 0.1) is 6.92 Å². The lowest BCUT2D eigenvalue weighted by atomic mass is 10.2. The van der Waals surface area contributed by atoms with Crippen LogP contribution in [0.1, 0.15) is 32.0 Å². The largest absolute Gasteiger partial charge is 0.352 e. The van der Waals surface area contributed by atoms with Gasteiger partial charge in [0.1, 0.15) is 5.82 Å². The van der Waals surface area contributed by atoms with Gasteiger partial charge >= 0.3 is 0 Å². The molecule has 1 saturated heterocycles. The van der Waals surface area contributed by atoms with Crippen molar-refractivity contribution in [1.82, 2.24) is 15.1 Å². The number of hydrogen-bond acceptors (Lipinski definition) is 5. The van der Waals surface area contributed by atoms with Crippen LogP contribution in [-0.4, -0.2) is 48.3 Å². The second-order valence-corrected chi connectivity index (χ2v) is 8.43. The topological polar surface area (TPSA) is 67.2 Å². The van der Waals surface area contributed by atoms with Gasteiger partial charge in [-0.1, -0.05) is 13.8 Å². The number of nitrogens with zero attached hydrogens (tertiary/aromatic N) is 3. The van der Waals surface area contributed by atoms with Crippen LogP contribution in [-0.2, 0) is 23.4 Å². The third-order valence-corrected chi connectivity index (χ3v) is 5.74. The van der Waals surface area contributed by atoms with Gasteiger partial charge in [0.15, 0.2) is 9.84 Å². The minimum Gasteiger partial charge on any atom is -0.352 e. The van der Waals surface area contributed by atoms with Crippen LogP contribution in [0.3, 0.4) is 0 Å². The number of nitrogens with one attached hydrogen (secondary N) is 1. The molecule has 1 atom stereocenters. The van der Waals surface area contributed by atoms with E-state index in [0.29, 0.717) is 12.6 Å². The van der Waals surface area contributed by atoms with Gasteiger partial charge in [-0.2, -0.15) is 5.10 Å². The quantitative estimate of drug-likeness (QED) is 0.892. The summed E-state index contributed by atoms with van der Waals surface area (Å²) in [4.78, 5) is 2.18. The summed E-state index contributed by atoms with van der Waals surface area (Å²) in [5.74, 6) is 1.48. The van der Waals surface area contributed by atoms with E-state index in [1.54, 1.807) is 0 Å². The zero-order chi connectivity index (χ0) is 15.8. The average molecular weight is 314 g/mol. The summed E-state index contributed by atoms with van der Waals surface area (Å²) in [5.41, 5.74) is 2.17. The predicted molar refractivity (Wildman–Crippen MR) is 85.4 cm³/mol. The fourth-order valence-corrected chi connectivity index (χ4v) is 4.43. The first-order valence-corrected chi connectivity index (χ1v) is 9.26. The van der Waals surface area contributed by atoms with E-state index in [4.69, 9.17) is 0 Å². The summed E-state index contributed by atoms with van der Waals surface area (Å²) in [6, 6.07) is 0.382. The highest BCUT2D eigenvalue weighted by Gasteiger charge is 2.31. The van der Waals surface area contributed by atoms with Gasteiger partial charge < -0.3 is 10.2 Å². The summed E-state index contributed by atoms with van der Waals surface area (Å²) in [5, 5.41) is 7.95. The average Bonchev–Trinajstić information content (AvgIpc) is 2.60. The molecule has 1 aromatic heterocycles. The Bertz CT molecular complexity index is 607. The molecule has 21 heavy (non-hydrogen) atoms. The van der Waals surface area contributed by atoms with Crippen LogP contribution in [0.4, 0.5) is 5.82 Å². The van der Waals surface area contributed by atoms with Crippen molar-refractivity contribution in [3.63, 3.8) is 0 Å². The molecule has 0 bridgehead atoms. The lowest BCUT2D eigenvalue weighted by molar-refractivity contribution is 0.557. The highest BCUT2D eigenvalue weighted by atomic mass is 32.2. The fourth-order valence-electron chi connectivity index (χ4n) is 2.88. The molecule has 1 fully saturated rings. The Kier molecular flexibility index (Phi) is 4.63. The molecule has 0 amide bonds. The van der Waals surface area contributed by atoms with Crippen LogP contribution < -0.4 is 10.2 Å². The van der Waals surface area contributed by atoms with Crippen LogP contribution in [0.15, 0.2) is 0 Å². The first-order valence-electron chi connectivity index (χ1n) is 7.44. The van der Waals surface area contributed by atoms with Crippen molar-refractivity contribution >= 4 is 15.7 Å². The molecule has 0 radical (unpaired) electrons. The van der Waals surface area contributed by atoms with Crippen molar-refractivity contribution in [3.05, 3.63) is 11.3 Å². The Labute approximate surface area is 127 Å². The Morgan fingerprint density at radius 2 is 2.10 bits per heavy atom. The smallest absolute Gasteiger partial charge is 0.154 e. The number of aryl methyl sites for hydroxylation is 2. The predicted octanol–water partition coefficient (Wildman–Crippen LogP) is 0.850. The van der Waals surface area contributed by atoms with Gasteiger partial charge in [-0.25, -0.2) is 8.42 Å². The number of anilines is 1. The summed E-state index contributed by atoms with van der Waals surface area (Å²) in [6.45, 7) is 9.49. The normalized spacial score (nSPS) is 22.0. The monoisotopic (exact) mass is 314 g/mol. The van der Waals surface area contributed by atoms with Crippen LogP contribution >= 0.6 is 0 Å². The second-order valence-electron chi connectivity index (χ2n) is 6.20. The highest BCUT2D eigenvalue weighted by molar-refractivity contribution is 7.91. The van der Waals surface area contributed by atoms with Crippen molar-refractivity contribution in [2.24, 2.45) is 7.05 Å². The van der Waals surface area contributed by atoms with Crippen molar-refractivity contribution in [3.8, 4) is 0 Å². The van der Waals surface area contributed by atoms with E-state index < -0.39 is 9.84 Å². The molecule has 0 aromatic carbocycles. The third-order valence-electron chi connectivity index (χ3n) is 3.94. The zero-order valence-electron chi connectivity index (χ0n) is 13.5. The Hall–Kier alpha value is -1.08. The molecule has 7 heteroatoms. The van der Waals surface area contributed by atoms with E-state index in [9.17, 15) is 8.42 Å². The molecule has 0 aliphatic carbocycles. The molecule has 1 unspecified atom stereocenters.